The van der Waals surface area contributed by atoms with Crippen molar-refractivity contribution in [2.75, 3.05) is 11.4 Å². The number of hydrogen-bond acceptors (Lipinski definition) is 3. The third-order valence-corrected chi connectivity index (χ3v) is 3.18. The Balaban J connectivity index is 2.46. The molecule has 15 heavy (non-hydrogen) atoms. The summed E-state index contributed by atoms with van der Waals surface area (Å²) < 4.78 is 1.82. The van der Waals surface area contributed by atoms with E-state index in [2.05, 4.69) is 16.9 Å². The number of carbonyl (C=O) groups is 1. The van der Waals surface area contributed by atoms with Crippen molar-refractivity contribution >= 4 is 12.1 Å². The molecule has 1 aliphatic rings. The minimum absolute atomic E-state index is 0.512. The van der Waals surface area contributed by atoms with Gasteiger partial charge in [0.25, 0.3) is 0 Å². The molecule has 1 aliphatic heterocycles. The van der Waals surface area contributed by atoms with Crippen molar-refractivity contribution in [1.82, 2.24) is 9.78 Å². The fourth-order valence-electron chi connectivity index (χ4n) is 2.39. The van der Waals surface area contributed by atoms with Gasteiger partial charge in [-0.15, -0.1) is 0 Å². The van der Waals surface area contributed by atoms with Crippen LogP contribution in [0, 0.1) is 6.92 Å². The second-order valence-corrected chi connectivity index (χ2v) is 4.25. The summed E-state index contributed by atoms with van der Waals surface area (Å²) in [6, 6.07) is 0.512. The van der Waals surface area contributed by atoms with Crippen LogP contribution in [-0.2, 0) is 7.05 Å². The Morgan fingerprint density at radius 3 is 2.80 bits per heavy atom. The lowest BCUT2D eigenvalue weighted by Gasteiger charge is -2.24. The number of aldehydes is 1. The van der Waals surface area contributed by atoms with E-state index >= 15 is 0 Å². The largest absolute Gasteiger partial charge is 0.354 e. The standard InChI is InChI=1S/C11H17N3O/c1-8-5-4-6-14(8)11-10(7-15)9(2)12-13(11)3/h7-8H,4-6H2,1-3H3. The second-order valence-electron chi connectivity index (χ2n) is 4.25. The molecule has 1 unspecified atom stereocenters. The summed E-state index contributed by atoms with van der Waals surface area (Å²) in [6.45, 7) is 5.11. The second kappa shape index (κ2) is 3.68. The summed E-state index contributed by atoms with van der Waals surface area (Å²) in [4.78, 5) is 13.3. The molecule has 0 aromatic carbocycles. The monoisotopic (exact) mass is 207 g/mol. The molecule has 0 saturated carbocycles. The van der Waals surface area contributed by atoms with Gasteiger partial charge in [0.15, 0.2) is 6.29 Å². The van der Waals surface area contributed by atoms with Gasteiger partial charge in [-0.2, -0.15) is 5.10 Å². The lowest BCUT2D eigenvalue weighted by Crippen LogP contribution is -2.29. The van der Waals surface area contributed by atoms with Crippen LogP contribution in [0.15, 0.2) is 0 Å². The van der Waals surface area contributed by atoms with E-state index in [1.807, 2.05) is 18.7 Å². The first kappa shape index (κ1) is 10.2. The molecule has 82 valence electrons. The van der Waals surface area contributed by atoms with Crippen molar-refractivity contribution in [3.8, 4) is 0 Å². The minimum Gasteiger partial charge on any atom is -0.354 e. The lowest BCUT2D eigenvalue weighted by atomic mass is 10.2. The molecule has 0 amide bonds. The Kier molecular flexibility index (Phi) is 2.50. The van der Waals surface area contributed by atoms with Crippen molar-refractivity contribution in [3.05, 3.63) is 11.3 Å². The SMILES string of the molecule is Cc1nn(C)c(N2CCCC2C)c1C=O. The number of nitrogens with zero attached hydrogens (tertiary/aromatic N) is 3. The van der Waals surface area contributed by atoms with E-state index < -0.39 is 0 Å². The third-order valence-electron chi connectivity index (χ3n) is 3.18. The molecule has 0 bridgehead atoms. The highest BCUT2D eigenvalue weighted by molar-refractivity contribution is 5.85. The molecule has 2 heterocycles. The van der Waals surface area contributed by atoms with E-state index in [1.165, 1.54) is 12.8 Å². The van der Waals surface area contributed by atoms with Gasteiger partial charge in [-0.1, -0.05) is 0 Å². The minimum atomic E-state index is 0.512. The highest BCUT2D eigenvalue weighted by atomic mass is 16.1. The molecule has 4 nitrogen and oxygen atoms in total. The van der Waals surface area contributed by atoms with Crippen molar-refractivity contribution in [1.29, 1.82) is 0 Å². The molecular formula is C11H17N3O. The number of anilines is 1. The van der Waals surface area contributed by atoms with E-state index in [9.17, 15) is 4.79 Å². The predicted molar refractivity (Wildman–Crippen MR) is 59.4 cm³/mol. The number of aromatic nitrogens is 2. The molecule has 1 aromatic heterocycles. The average molecular weight is 207 g/mol. The Bertz CT molecular complexity index is 383. The Labute approximate surface area is 89.9 Å². The first-order valence-electron chi connectivity index (χ1n) is 5.40. The molecule has 0 aliphatic carbocycles. The van der Waals surface area contributed by atoms with Crippen LogP contribution in [0.3, 0.4) is 0 Å². The normalized spacial score (nSPS) is 21.0. The van der Waals surface area contributed by atoms with Gasteiger partial charge < -0.3 is 4.90 Å². The Hall–Kier alpha value is -1.32. The lowest BCUT2D eigenvalue weighted by molar-refractivity contribution is 0.112. The van der Waals surface area contributed by atoms with Gasteiger partial charge >= 0.3 is 0 Å². The molecule has 0 spiro atoms. The topological polar surface area (TPSA) is 38.1 Å². The van der Waals surface area contributed by atoms with Crippen LogP contribution >= 0.6 is 0 Å². The summed E-state index contributed by atoms with van der Waals surface area (Å²) in [6.07, 6.45) is 3.31. The van der Waals surface area contributed by atoms with Crippen LogP contribution in [0.1, 0.15) is 35.8 Å². The van der Waals surface area contributed by atoms with Crippen LogP contribution < -0.4 is 4.90 Å². The van der Waals surface area contributed by atoms with Crippen LogP contribution in [0.4, 0.5) is 5.82 Å². The molecule has 1 aromatic rings. The average Bonchev–Trinajstić information content (AvgIpc) is 2.70. The van der Waals surface area contributed by atoms with Crippen molar-refractivity contribution in [2.24, 2.45) is 7.05 Å². The highest BCUT2D eigenvalue weighted by Gasteiger charge is 2.26. The number of aryl methyl sites for hydroxylation is 2. The molecule has 0 N–H and O–H groups in total. The van der Waals surface area contributed by atoms with E-state index in [4.69, 9.17) is 0 Å². The van der Waals surface area contributed by atoms with Crippen LogP contribution in [0.5, 0.6) is 0 Å². The van der Waals surface area contributed by atoms with Crippen LogP contribution in [-0.4, -0.2) is 28.7 Å². The molecule has 4 heteroatoms. The van der Waals surface area contributed by atoms with Gasteiger partial charge in [0.2, 0.25) is 0 Å². The van der Waals surface area contributed by atoms with Gasteiger partial charge in [-0.05, 0) is 26.7 Å². The first-order valence-corrected chi connectivity index (χ1v) is 5.40. The van der Waals surface area contributed by atoms with E-state index in [0.717, 1.165) is 29.9 Å². The van der Waals surface area contributed by atoms with E-state index in [-0.39, 0.29) is 0 Å². The zero-order valence-electron chi connectivity index (χ0n) is 9.53. The van der Waals surface area contributed by atoms with Gasteiger partial charge in [0.1, 0.15) is 5.82 Å². The zero-order chi connectivity index (χ0) is 11.0. The highest BCUT2D eigenvalue weighted by Crippen LogP contribution is 2.28. The number of rotatable bonds is 2. The van der Waals surface area contributed by atoms with Crippen molar-refractivity contribution < 1.29 is 4.79 Å². The van der Waals surface area contributed by atoms with Gasteiger partial charge in [-0.3, -0.25) is 9.48 Å². The van der Waals surface area contributed by atoms with Gasteiger partial charge in [0.05, 0.1) is 11.3 Å². The molecule has 1 fully saturated rings. The summed E-state index contributed by atoms with van der Waals surface area (Å²) >= 11 is 0. The summed E-state index contributed by atoms with van der Waals surface area (Å²) in [5.74, 6) is 0.979. The molecule has 1 atom stereocenters. The van der Waals surface area contributed by atoms with Crippen molar-refractivity contribution in [3.63, 3.8) is 0 Å². The van der Waals surface area contributed by atoms with E-state index in [0.29, 0.717) is 6.04 Å². The van der Waals surface area contributed by atoms with Gasteiger partial charge in [0, 0.05) is 19.6 Å². The molecule has 2 rings (SSSR count). The zero-order valence-corrected chi connectivity index (χ0v) is 9.53. The number of carbonyl (C=O) groups excluding carboxylic acids is 1. The summed E-state index contributed by atoms with van der Waals surface area (Å²) in [7, 11) is 1.90. The van der Waals surface area contributed by atoms with Crippen molar-refractivity contribution in [2.45, 2.75) is 32.7 Å². The van der Waals surface area contributed by atoms with Crippen LogP contribution in [0.25, 0.3) is 0 Å². The molecular weight excluding hydrogens is 190 g/mol. The summed E-state index contributed by atoms with van der Waals surface area (Å²) in [5, 5.41) is 4.30. The third kappa shape index (κ3) is 1.54. The Morgan fingerprint density at radius 2 is 2.27 bits per heavy atom. The fourth-order valence-corrected chi connectivity index (χ4v) is 2.39. The van der Waals surface area contributed by atoms with Crippen LogP contribution in [0.2, 0.25) is 0 Å². The fraction of sp³-hybridized carbons (Fsp3) is 0.636. The van der Waals surface area contributed by atoms with E-state index in [1.54, 1.807) is 0 Å². The maximum Gasteiger partial charge on any atom is 0.155 e. The Morgan fingerprint density at radius 1 is 1.53 bits per heavy atom. The van der Waals surface area contributed by atoms with Gasteiger partial charge in [-0.25, -0.2) is 0 Å². The predicted octanol–water partition coefficient (Wildman–Crippen LogP) is 1.53. The molecule has 1 saturated heterocycles. The molecule has 0 radical (unpaired) electrons. The summed E-state index contributed by atoms with van der Waals surface area (Å²) in [5.41, 5.74) is 1.56. The number of hydrogen-bond donors (Lipinski definition) is 0. The maximum atomic E-state index is 11.0. The quantitative estimate of drug-likeness (QED) is 0.690. The first-order chi connectivity index (χ1) is 7.15. The maximum absolute atomic E-state index is 11.0. The smallest absolute Gasteiger partial charge is 0.155 e.